The van der Waals surface area contributed by atoms with Crippen molar-refractivity contribution in [1.82, 2.24) is 15.1 Å². The smallest absolute Gasteiger partial charge is 0.330 e. The molecule has 0 spiro atoms. The topological polar surface area (TPSA) is 81.3 Å². The summed E-state index contributed by atoms with van der Waals surface area (Å²) in [6.07, 6.45) is -2.44. The van der Waals surface area contributed by atoms with Gasteiger partial charge in [0.05, 0.1) is 0 Å². The van der Waals surface area contributed by atoms with Gasteiger partial charge in [0.25, 0.3) is 5.89 Å². The van der Waals surface area contributed by atoms with E-state index in [1.807, 2.05) is 0 Å². The number of aromatic nitrogens is 3. The van der Waals surface area contributed by atoms with Gasteiger partial charge in [-0.15, -0.1) is 0 Å². The van der Waals surface area contributed by atoms with E-state index < -0.39 is 25.6 Å². The molecule has 0 saturated carbocycles. The average molecular weight is 307 g/mol. The van der Waals surface area contributed by atoms with E-state index in [-0.39, 0.29) is 23.2 Å². The Bertz CT molecular complexity index is 606. The van der Waals surface area contributed by atoms with Gasteiger partial charge in [0.2, 0.25) is 0 Å². The number of aromatic hydroxyl groups is 1. The van der Waals surface area contributed by atoms with Crippen molar-refractivity contribution in [1.29, 1.82) is 0 Å². The molecule has 0 unspecified atom stereocenters. The molecule has 0 saturated heterocycles. The third kappa shape index (κ3) is 3.66. The Morgan fingerprint density at radius 3 is 2.81 bits per heavy atom. The van der Waals surface area contributed by atoms with Crippen LogP contribution in [0, 0.1) is 0 Å². The number of hydrogen-bond acceptors (Lipinski definition) is 6. The van der Waals surface area contributed by atoms with E-state index in [1.54, 1.807) is 0 Å². The quantitative estimate of drug-likeness (QED) is 0.824. The Morgan fingerprint density at radius 2 is 2.14 bits per heavy atom. The lowest BCUT2D eigenvalue weighted by Gasteiger charge is -2.14. The largest absolute Gasteiger partial charge is 0.505 e. The highest BCUT2D eigenvalue weighted by atomic mass is 19.3. The number of pyridine rings is 1. The van der Waals surface area contributed by atoms with Crippen LogP contribution in [0.25, 0.3) is 11.6 Å². The summed E-state index contributed by atoms with van der Waals surface area (Å²) in [5.74, 6) is -4.74. The normalized spacial score (nSPS) is 12.0. The number of alkyl halides is 4. The van der Waals surface area contributed by atoms with Crippen LogP contribution < -0.4 is 0 Å². The second-order valence-corrected chi connectivity index (χ2v) is 3.94. The fraction of sp³-hybridized carbons (Fsp3) is 0.364. The summed E-state index contributed by atoms with van der Waals surface area (Å²) in [7, 11) is 0. The van der Waals surface area contributed by atoms with Crippen molar-refractivity contribution in [2.45, 2.75) is 19.0 Å². The molecule has 2 aromatic heterocycles. The second kappa shape index (κ2) is 6.04. The zero-order valence-electron chi connectivity index (χ0n) is 10.3. The highest BCUT2D eigenvalue weighted by molar-refractivity contribution is 5.55. The number of nitrogens with zero attached hydrogens (tertiary/aromatic N) is 3. The molecule has 0 radical (unpaired) electrons. The van der Waals surface area contributed by atoms with Crippen molar-refractivity contribution in [3.8, 4) is 17.3 Å². The number of hydrogen-bond donors (Lipinski definition) is 1. The minimum Gasteiger partial charge on any atom is -0.505 e. The average Bonchev–Trinajstić information content (AvgIpc) is 2.87. The molecule has 114 valence electrons. The molecule has 0 aromatic carbocycles. The van der Waals surface area contributed by atoms with Gasteiger partial charge in [0.1, 0.15) is 19.0 Å². The first kappa shape index (κ1) is 15.2. The number of halogens is 4. The van der Waals surface area contributed by atoms with E-state index in [0.29, 0.717) is 0 Å². The maximum atomic E-state index is 12.6. The lowest BCUT2D eigenvalue weighted by Crippen LogP contribution is -2.32. The van der Waals surface area contributed by atoms with Crippen LogP contribution in [-0.2, 0) is 11.3 Å². The predicted molar refractivity (Wildman–Crippen MR) is 59.8 cm³/mol. The number of ether oxygens (including phenoxy) is 1. The maximum absolute atomic E-state index is 12.6. The van der Waals surface area contributed by atoms with E-state index in [4.69, 9.17) is 4.52 Å². The molecule has 2 rings (SSSR count). The Hall–Kier alpha value is -2.23. The summed E-state index contributed by atoms with van der Waals surface area (Å²) in [5.41, 5.74) is 0.00848. The van der Waals surface area contributed by atoms with Gasteiger partial charge < -0.3 is 14.4 Å². The molecule has 2 aromatic rings. The Kier molecular flexibility index (Phi) is 4.36. The van der Waals surface area contributed by atoms with Crippen LogP contribution in [0.15, 0.2) is 22.9 Å². The molecule has 6 nitrogen and oxygen atoms in total. The van der Waals surface area contributed by atoms with Crippen molar-refractivity contribution in [2.75, 3.05) is 6.61 Å². The molecule has 0 amide bonds. The van der Waals surface area contributed by atoms with Gasteiger partial charge in [-0.25, -0.2) is 13.8 Å². The molecule has 0 atom stereocenters. The SMILES string of the molecule is Oc1cccnc1-c1nc(COCC(F)(F)C(F)F)no1. The highest BCUT2D eigenvalue weighted by Gasteiger charge is 2.41. The maximum Gasteiger partial charge on any atom is 0.330 e. The molecule has 1 N–H and O–H groups in total. The Balaban J connectivity index is 1.97. The molecule has 0 fully saturated rings. The lowest BCUT2D eigenvalue weighted by molar-refractivity contribution is -0.168. The van der Waals surface area contributed by atoms with E-state index >= 15 is 0 Å². The van der Waals surface area contributed by atoms with Crippen LogP contribution >= 0.6 is 0 Å². The van der Waals surface area contributed by atoms with Crippen LogP contribution in [-0.4, -0.2) is 39.2 Å². The van der Waals surface area contributed by atoms with Crippen molar-refractivity contribution in [3.05, 3.63) is 24.2 Å². The summed E-state index contributed by atoms with van der Waals surface area (Å²) < 4.78 is 58.2. The summed E-state index contributed by atoms with van der Waals surface area (Å²) >= 11 is 0. The van der Waals surface area contributed by atoms with Gasteiger partial charge in [0.15, 0.2) is 11.5 Å². The van der Waals surface area contributed by atoms with Crippen LogP contribution in [0.3, 0.4) is 0 Å². The Morgan fingerprint density at radius 1 is 1.38 bits per heavy atom. The predicted octanol–water partition coefficient (Wildman–Crippen LogP) is 2.25. The summed E-state index contributed by atoms with van der Waals surface area (Å²) in [6, 6.07) is 2.82. The van der Waals surface area contributed by atoms with Gasteiger partial charge in [-0.1, -0.05) is 5.16 Å². The van der Waals surface area contributed by atoms with E-state index in [2.05, 4.69) is 19.9 Å². The van der Waals surface area contributed by atoms with Gasteiger partial charge in [-0.3, -0.25) is 0 Å². The standard InChI is InChI=1S/C11H9F4N3O3/c12-10(13)11(14,15)5-20-4-7-17-9(21-18-7)8-6(19)2-1-3-16-8/h1-3,10,19H,4-5H2. The zero-order valence-corrected chi connectivity index (χ0v) is 10.3. The summed E-state index contributed by atoms with van der Waals surface area (Å²) in [4.78, 5) is 7.55. The molecule has 0 aliphatic carbocycles. The van der Waals surface area contributed by atoms with Crippen molar-refractivity contribution in [3.63, 3.8) is 0 Å². The van der Waals surface area contributed by atoms with Crippen LogP contribution in [0.4, 0.5) is 17.6 Å². The zero-order chi connectivity index (χ0) is 15.5. The van der Waals surface area contributed by atoms with Crippen molar-refractivity contribution in [2.24, 2.45) is 0 Å². The third-order valence-corrected chi connectivity index (χ3v) is 2.30. The van der Waals surface area contributed by atoms with Crippen LogP contribution in [0.5, 0.6) is 5.75 Å². The van der Waals surface area contributed by atoms with Crippen molar-refractivity contribution >= 4 is 0 Å². The number of rotatable bonds is 6. The van der Waals surface area contributed by atoms with Gasteiger partial charge in [0, 0.05) is 6.20 Å². The molecule has 10 heteroatoms. The molecule has 21 heavy (non-hydrogen) atoms. The van der Waals surface area contributed by atoms with Crippen molar-refractivity contribution < 1.29 is 31.9 Å². The first-order chi connectivity index (χ1) is 9.90. The van der Waals surface area contributed by atoms with Crippen LogP contribution in [0.1, 0.15) is 5.82 Å². The fourth-order valence-corrected chi connectivity index (χ4v) is 1.31. The monoisotopic (exact) mass is 307 g/mol. The van der Waals surface area contributed by atoms with E-state index in [1.165, 1.54) is 18.3 Å². The second-order valence-electron chi connectivity index (χ2n) is 3.94. The molecular formula is C11H9F4N3O3. The van der Waals surface area contributed by atoms with Gasteiger partial charge >= 0.3 is 12.3 Å². The van der Waals surface area contributed by atoms with Gasteiger partial charge in [-0.05, 0) is 12.1 Å². The Labute approximate surface area is 115 Å². The summed E-state index contributed by atoms with van der Waals surface area (Å²) in [6.45, 7) is -2.01. The lowest BCUT2D eigenvalue weighted by atomic mass is 10.3. The van der Waals surface area contributed by atoms with Crippen LogP contribution in [0.2, 0.25) is 0 Å². The molecule has 0 aliphatic heterocycles. The van der Waals surface area contributed by atoms with E-state index in [9.17, 15) is 22.7 Å². The first-order valence-electron chi connectivity index (χ1n) is 5.61. The fourth-order valence-electron chi connectivity index (χ4n) is 1.31. The third-order valence-electron chi connectivity index (χ3n) is 2.30. The molecule has 0 aliphatic rings. The van der Waals surface area contributed by atoms with Gasteiger partial charge in [-0.2, -0.15) is 13.8 Å². The van der Waals surface area contributed by atoms with E-state index in [0.717, 1.165) is 0 Å². The molecule has 0 bridgehead atoms. The highest BCUT2D eigenvalue weighted by Crippen LogP contribution is 2.25. The minimum atomic E-state index is -4.24. The molecule has 2 heterocycles. The summed E-state index contributed by atoms with van der Waals surface area (Å²) in [5, 5.41) is 12.9. The minimum absolute atomic E-state index is 0.00848. The molecular weight excluding hydrogens is 298 g/mol. The first-order valence-corrected chi connectivity index (χ1v) is 5.61.